The smallest absolute Gasteiger partial charge is 0.262 e. The summed E-state index contributed by atoms with van der Waals surface area (Å²) in [7, 11) is 0. The van der Waals surface area contributed by atoms with Crippen LogP contribution in [0.25, 0.3) is 0 Å². The van der Waals surface area contributed by atoms with Crippen molar-refractivity contribution in [2.24, 2.45) is 5.92 Å². The highest BCUT2D eigenvalue weighted by molar-refractivity contribution is 6.20. The number of halogens is 1. The Balaban J connectivity index is 2.10. The lowest BCUT2D eigenvalue weighted by atomic mass is 10.0. The number of anilines is 1. The molecule has 0 bridgehead atoms. The Morgan fingerprint density at radius 3 is 2.89 bits per heavy atom. The Kier molecular flexibility index (Phi) is 4.12. The largest absolute Gasteiger partial charge is 0.482 e. The molecule has 2 rings (SSSR count). The normalized spacial score (nSPS) is 15.9. The molecule has 0 saturated heterocycles. The summed E-state index contributed by atoms with van der Waals surface area (Å²) < 4.78 is 5.31. The number of carbonyl (C=O) groups excluding carboxylic acids is 1. The van der Waals surface area contributed by atoms with Crippen LogP contribution in [0.1, 0.15) is 37.6 Å². The van der Waals surface area contributed by atoms with E-state index in [0.29, 0.717) is 11.7 Å². The minimum Gasteiger partial charge on any atom is -0.482 e. The molecule has 0 saturated carbocycles. The number of nitrogens with one attached hydrogen (secondary N) is 1. The average molecular weight is 268 g/mol. The van der Waals surface area contributed by atoms with E-state index in [2.05, 4.69) is 19.2 Å². The Morgan fingerprint density at radius 1 is 1.39 bits per heavy atom. The summed E-state index contributed by atoms with van der Waals surface area (Å²) >= 11 is 6.38. The summed E-state index contributed by atoms with van der Waals surface area (Å²) in [6.45, 7) is 4.46. The standard InChI is InChI=1S/C14H18ClNO2/c1-9(2)3-5-11(15)10-4-6-13-12(7-10)16-14(17)8-18-13/h4,6-7,9,11H,3,5,8H2,1-2H3,(H,16,17). The molecule has 18 heavy (non-hydrogen) atoms. The maximum Gasteiger partial charge on any atom is 0.262 e. The molecule has 1 aliphatic rings. The number of benzene rings is 1. The van der Waals surface area contributed by atoms with Gasteiger partial charge in [-0.2, -0.15) is 0 Å². The Hall–Kier alpha value is -1.22. The second-order valence-corrected chi connectivity index (χ2v) is 5.56. The highest BCUT2D eigenvalue weighted by Gasteiger charge is 2.18. The van der Waals surface area contributed by atoms with Crippen molar-refractivity contribution in [3.05, 3.63) is 23.8 Å². The summed E-state index contributed by atoms with van der Waals surface area (Å²) in [6.07, 6.45) is 2.03. The van der Waals surface area contributed by atoms with E-state index in [1.54, 1.807) is 0 Å². The molecule has 1 unspecified atom stereocenters. The maximum absolute atomic E-state index is 11.3. The van der Waals surface area contributed by atoms with Crippen LogP contribution in [0.3, 0.4) is 0 Å². The number of alkyl halides is 1. The Labute approximate surface area is 112 Å². The fourth-order valence-electron chi connectivity index (χ4n) is 1.94. The van der Waals surface area contributed by atoms with Crippen LogP contribution < -0.4 is 10.1 Å². The number of hydrogen-bond acceptors (Lipinski definition) is 2. The number of carbonyl (C=O) groups is 1. The zero-order chi connectivity index (χ0) is 13.1. The van der Waals surface area contributed by atoms with Crippen molar-refractivity contribution in [3.63, 3.8) is 0 Å². The van der Waals surface area contributed by atoms with Gasteiger partial charge in [0.1, 0.15) is 5.75 Å². The predicted octanol–water partition coefficient (Wildman–Crippen LogP) is 3.73. The van der Waals surface area contributed by atoms with Crippen LogP contribution in [0.2, 0.25) is 0 Å². The molecule has 1 aliphatic heterocycles. The van der Waals surface area contributed by atoms with Crippen molar-refractivity contribution in [2.75, 3.05) is 11.9 Å². The topological polar surface area (TPSA) is 38.3 Å². The number of amides is 1. The molecule has 1 heterocycles. The zero-order valence-corrected chi connectivity index (χ0v) is 11.5. The molecule has 1 aromatic carbocycles. The third-order valence-corrected chi connectivity index (χ3v) is 3.47. The van der Waals surface area contributed by atoms with Crippen LogP contribution in [0.5, 0.6) is 5.75 Å². The molecule has 98 valence electrons. The van der Waals surface area contributed by atoms with Crippen molar-refractivity contribution < 1.29 is 9.53 Å². The van der Waals surface area contributed by atoms with Crippen LogP contribution in [-0.4, -0.2) is 12.5 Å². The minimum absolute atomic E-state index is 0.0171. The van der Waals surface area contributed by atoms with Crippen LogP contribution in [0.15, 0.2) is 18.2 Å². The second-order valence-electron chi connectivity index (χ2n) is 5.03. The first-order valence-electron chi connectivity index (χ1n) is 6.27. The minimum atomic E-state index is -0.118. The summed E-state index contributed by atoms with van der Waals surface area (Å²) in [5.74, 6) is 1.24. The molecule has 0 spiro atoms. The van der Waals surface area contributed by atoms with Crippen molar-refractivity contribution >= 4 is 23.2 Å². The third kappa shape index (κ3) is 3.16. The fraction of sp³-hybridized carbons (Fsp3) is 0.500. The van der Waals surface area contributed by atoms with Crippen LogP contribution >= 0.6 is 11.6 Å². The van der Waals surface area contributed by atoms with E-state index in [1.807, 2.05) is 18.2 Å². The van der Waals surface area contributed by atoms with Gasteiger partial charge < -0.3 is 10.1 Å². The fourth-order valence-corrected chi connectivity index (χ4v) is 2.20. The van der Waals surface area contributed by atoms with Gasteiger partial charge in [0, 0.05) is 0 Å². The number of hydrogen-bond donors (Lipinski definition) is 1. The first kappa shape index (κ1) is 13.2. The molecule has 0 fully saturated rings. The zero-order valence-electron chi connectivity index (χ0n) is 10.7. The van der Waals surface area contributed by atoms with E-state index in [9.17, 15) is 4.79 Å². The van der Waals surface area contributed by atoms with Gasteiger partial charge in [-0.1, -0.05) is 19.9 Å². The van der Waals surface area contributed by atoms with Crippen LogP contribution in [0.4, 0.5) is 5.69 Å². The summed E-state index contributed by atoms with van der Waals surface area (Å²) in [5.41, 5.74) is 1.75. The molecule has 0 aromatic heterocycles. The molecule has 0 radical (unpaired) electrons. The van der Waals surface area contributed by atoms with Gasteiger partial charge in [-0.3, -0.25) is 4.79 Å². The molecule has 1 N–H and O–H groups in total. The van der Waals surface area contributed by atoms with E-state index in [-0.39, 0.29) is 17.9 Å². The lowest BCUT2D eigenvalue weighted by Gasteiger charge is -2.20. The molecular formula is C14H18ClNO2. The SMILES string of the molecule is CC(C)CCC(Cl)c1ccc2c(c1)NC(=O)CO2. The van der Waals surface area contributed by atoms with Gasteiger partial charge in [-0.25, -0.2) is 0 Å². The van der Waals surface area contributed by atoms with Gasteiger partial charge >= 0.3 is 0 Å². The van der Waals surface area contributed by atoms with E-state index in [0.717, 1.165) is 24.1 Å². The molecule has 4 heteroatoms. The van der Waals surface area contributed by atoms with Gasteiger partial charge in [0.05, 0.1) is 11.1 Å². The molecular weight excluding hydrogens is 250 g/mol. The lowest BCUT2D eigenvalue weighted by molar-refractivity contribution is -0.118. The van der Waals surface area contributed by atoms with E-state index < -0.39 is 0 Å². The van der Waals surface area contributed by atoms with E-state index >= 15 is 0 Å². The number of rotatable bonds is 4. The van der Waals surface area contributed by atoms with Crippen molar-refractivity contribution in [1.29, 1.82) is 0 Å². The summed E-state index contributed by atoms with van der Waals surface area (Å²) in [6, 6.07) is 5.74. The average Bonchev–Trinajstić information content (AvgIpc) is 2.34. The van der Waals surface area contributed by atoms with Crippen LogP contribution in [-0.2, 0) is 4.79 Å². The molecule has 1 aromatic rings. The van der Waals surface area contributed by atoms with Crippen LogP contribution in [0, 0.1) is 5.92 Å². The second kappa shape index (κ2) is 5.61. The third-order valence-electron chi connectivity index (χ3n) is 3.00. The Morgan fingerprint density at radius 2 is 2.17 bits per heavy atom. The monoisotopic (exact) mass is 267 g/mol. The Bertz CT molecular complexity index is 445. The first-order valence-corrected chi connectivity index (χ1v) is 6.70. The quantitative estimate of drug-likeness (QED) is 0.844. The van der Waals surface area contributed by atoms with Gasteiger partial charge in [-0.15, -0.1) is 11.6 Å². The number of fused-ring (bicyclic) bond motifs is 1. The molecule has 0 aliphatic carbocycles. The highest BCUT2D eigenvalue weighted by Crippen LogP contribution is 2.34. The maximum atomic E-state index is 11.3. The molecule has 1 amide bonds. The van der Waals surface area contributed by atoms with Gasteiger partial charge in [0.25, 0.3) is 5.91 Å². The van der Waals surface area contributed by atoms with E-state index in [4.69, 9.17) is 16.3 Å². The van der Waals surface area contributed by atoms with Gasteiger partial charge in [0.15, 0.2) is 6.61 Å². The lowest BCUT2D eigenvalue weighted by Crippen LogP contribution is -2.25. The van der Waals surface area contributed by atoms with Crippen molar-refractivity contribution in [2.45, 2.75) is 32.1 Å². The first-order chi connectivity index (χ1) is 8.56. The highest BCUT2D eigenvalue weighted by atomic mass is 35.5. The predicted molar refractivity (Wildman–Crippen MR) is 73.2 cm³/mol. The molecule has 1 atom stereocenters. The summed E-state index contributed by atoms with van der Waals surface area (Å²) in [5, 5.41) is 2.78. The number of ether oxygens (including phenoxy) is 1. The van der Waals surface area contributed by atoms with E-state index in [1.165, 1.54) is 0 Å². The van der Waals surface area contributed by atoms with Crippen molar-refractivity contribution in [1.82, 2.24) is 0 Å². The van der Waals surface area contributed by atoms with Crippen molar-refractivity contribution in [3.8, 4) is 5.75 Å². The summed E-state index contributed by atoms with van der Waals surface area (Å²) in [4.78, 5) is 11.3. The molecule has 3 nitrogen and oxygen atoms in total. The van der Waals surface area contributed by atoms with Gasteiger partial charge in [0.2, 0.25) is 0 Å². The van der Waals surface area contributed by atoms with Gasteiger partial charge in [-0.05, 0) is 36.5 Å².